The van der Waals surface area contributed by atoms with Crippen molar-refractivity contribution in [3.63, 3.8) is 0 Å². The Morgan fingerprint density at radius 3 is 2.21 bits per heavy atom. The van der Waals surface area contributed by atoms with E-state index in [9.17, 15) is 19.5 Å². The molecule has 3 N–H and O–H groups in total. The summed E-state index contributed by atoms with van der Waals surface area (Å²) in [6, 6.07) is 15.6. The maximum atomic E-state index is 12.3. The average Bonchev–Trinajstić information content (AvgIpc) is 3.58. The predicted molar refractivity (Wildman–Crippen MR) is 124 cm³/mol. The molecule has 1 saturated carbocycles. The Morgan fingerprint density at radius 2 is 1.64 bits per heavy atom. The lowest BCUT2D eigenvalue weighted by Gasteiger charge is -2.17. The Kier molecular flexibility index (Phi) is 6.96. The zero-order valence-corrected chi connectivity index (χ0v) is 18.8. The van der Waals surface area contributed by atoms with Gasteiger partial charge in [-0.1, -0.05) is 55.5 Å². The number of nitrogens with one attached hydrogen (secondary N) is 2. The number of carbonyl (C=O) groups is 3. The van der Waals surface area contributed by atoms with E-state index in [1.807, 2.05) is 31.2 Å². The summed E-state index contributed by atoms with van der Waals surface area (Å²) in [5.74, 6) is -1.16. The van der Waals surface area contributed by atoms with Crippen LogP contribution in [0.2, 0.25) is 0 Å². The van der Waals surface area contributed by atoms with Crippen LogP contribution in [0.3, 0.4) is 0 Å². The lowest BCUT2D eigenvalue weighted by molar-refractivity contribution is -0.142. The molecule has 1 fully saturated rings. The second-order valence-electron chi connectivity index (χ2n) is 9.07. The van der Waals surface area contributed by atoms with Gasteiger partial charge in [0.1, 0.15) is 12.6 Å². The number of benzene rings is 2. The molecular formula is C26H30N2O5. The minimum absolute atomic E-state index is 0.00698. The first kappa shape index (κ1) is 22.8. The number of ether oxygens (including phenoxy) is 1. The molecule has 4 rings (SSSR count). The summed E-state index contributed by atoms with van der Waals surface area (Å²) in [6.07, 6.45) is 2.03. The van der Waals surface area contributed by atoms with E-state index in [1.54, 1.807) is 0 Å². The van der Waals surface area contributed by atoms with Gasteiger partial charge in [-0.3, -0.25) is 4.79 Å². The van der Waals surface area contributed by atoms with Gasteiger partial charge < -0.3 is 20.5 Å². The molecule has 0 aliphatic heterocycles. The van der Waals surface area contributed by atoms with Gasteiger partial charge in [0, 0.05) is 18.9 Å². The van der Waals surface area contributed by atoms with Gasteiger partial charge in [0.2, 0.25) is 5.91 Å². The van der Waals surface area contributed by atoms with Crippen LogP contribution in [0.5, 0.6) is 0 Å². The van der Waals surface area contributed by atoms with E-state index in [4.69, 9.17) is 4.74 Å². The quantitative estimate of drug-likeness (QED) is 0.509. The minimum Gasteiger partial charge on any atom is -0.480 e. The molecule has 0 bridgehead atoms. The maximum Gasteiger partial charge on any atom is 0.407 e. The fourth-order valence-corrected chi connectivity index (χ4v) is 4.53. The van der Waals surface area contributed by atoms with Gasteiger partial charge in [-0.05, 0) is 53.4 Å². The Hall–Kier alpha value is -3.35. The molecule has 174 valence electrons. The van der Waals surface area contributed by atoms with Crippen LogP contribution < -0.4 is 10.6 Å². The Bertz CT molecular complexity index is 987. The molecular weight excluding hydrogens is 420 g/mol. The molecule has 0 radical (unpaired) electrons. The highest BCUT2D eigenvalue weighted by Gasteiger charge is 2.37. The first-order valence-electron chi connectivity index (χ1n) is 11.5. The van der Waals surface area contributed by atoms with Crippen LogP contribution >= 0.6 is 0 Å². The van der Waals surface area contributed by atoms with Gasteiger partial charge in [0.15, 0.2) is 0 Å². The molecule has 33 heavy (non-hydrogen) atoms. The van der Waals surface area contributed by atoms with E-state index < -0.39 is 18.1 Å². The number of fused-ring (bicyclic) bond motifs is 3. The summed E-state index contributed by atoms with van der Waals surface area (Å²) >= 11 is 0. The molecule has 0 saturated heterocycles. The smallest absolute Gasteiger partial charge is 0.407 e. The van der Waals surface area contributed by atoms with Gasteiger partial charge in [-0.25, -0.2) is 9.59 Å². The van der Waals surface area contributed by atoms with E-state index >= 15 is 0 Å². The van der Waals surface area contributed by atoms with Crippen LogP contribution in [0.15, 0.2) is 48.5 Å². The van der Waals surface area contributed by atoms with Crippen LogP contribution in [0.4, 0.5) is 4.79 Å². The summed E-state index contributed by atoms with van der Waals surface area (Å²) in [7, 11) is 0. The zero-order valence-electron chi connectivity index (χ0n) is 18.8. The highest BCUT2D eigenvalue weighted by Crippen LogP contribution is 2.44. The molecule has 2 aliphatic rings. The summed E-state index contributed by atoms with van der Waals surface area (Å²) in [6.45, 7) is 2.55. The van der Waals surface area contributed by atoms with E-state index in [0.29, 0.717) is 13.0 Å². The molecule has 2 aliphatic carbocycles. The van der Waals surface area contributed by atoms with Crippen molar-refractivity contribution in [3.05, 3.63) is 59.7 Å². The van der Waals surface area contributed by atoms with Gasteiger partial charge in [0.05, 0.1) is 0 Å². The summed E-state index contributed by atoms with van der Waals surface area (Å²) in [5, 5.41) is 14.6. The molecule has 0 spiro atoms. The van der Waals surface area contributed by atoms with Gasteiger partial charge in [-0.15, -0.1) is 0 Å². The topological polar surface area (TPSA) is 105 Å². The third-order valence-corrected chi connectivity index (χ3v) is 6.46. The summed E-state index contributed by atoms with van der Waals surface area (Å²) in [4.78, 5) is 35.7. The number of hydrogen-bond acceptors (Lipinski definition) is 4. The third-order valence-electron chi connectivity index (χ3n) is 6.46. The number of rotatable bonds is 10. The largest absolute Gasteiger partial charge is 0.480 e. The maximum absolute atomic E-state index is 12.3. The molecule has 2 amide bonds. The Balaban J connectivity index is 1.20. The number of carbonyl (C=O) groups excluding carboxylic acids is 2. The van der Waals surface area contributed by atoms with Crippen molar-refractivity contribution in [2.75, 3.05) is 13.2 Å². The highest BCUT2D eigenvalue weighted by molar-refractivity contribution is 5.84. The lowest BCUT2D eigenvalue weighted by Crippen LogP contribution is -2.42. The van der Waals surface area contributed by atoms with E-state index in [0.717, 1.165) is 24.0 Å². The van der Waals surface area contributed by atoms with Crippen molar-refractivity contribution in [1.29, 1.82) is 0 Å². The molecule has 2 atom stereocenters. The summed E-state index contributed by atoms with van der Waals surface area (Å²) < 4.78 is 5.52. The van der Waals surface area contributed by atoms with Gasteiger partial charge in [0.25, 0.3) is 0 Å². The lowest BCUT2D eigenvalue weighted by atomic mass is 9.98. The number of alkyl carbamates (subject to hydrolysis) is 1. The number of carboxylic acids is 1. The minimum atomic E-state index is -0.976. The molecule has 2 aromatic rings. The monoisotopic (exact) mass is 450 g/mol. The van der Waals surface area contributed by atoms with Crippen molar-refractivity contribution in [1.82, 2.24) is 10.6 Å². The second kappa shape index (κ2) is 10.1. The van der Waals surface area contributed by atoms with Gasteiger partial charge >= 0.3 is 12.1 Å². The fourth-order valence-electron chi connectivity index (χ4n) is 4.53. The third kappa shape index (κ3) is 5.53. The summed E-state index contributed by atoms with van der Waals surface area (Å²) in [5.41, 5.74) is 4.69. The fraction of sp³-hybridized carbons (Fsp3) is 0.423. The van der Waals surface area contributed by atoms with Crippen molar-refractivity contribution >= 4 is 18.0 Å². The number of amides is 2. The van der Waals surface area contributed by atoms with Crippen LogP contribution in [-0.4, -0.2) is 42.3 Å². The molecule has 0 heterocycles. The Labute approximate surface area is 193 Å². The number of carboxylic acid groups (broad SMARTS) is 1. The Morgan fingerprint density at radius 1 is 1.03 bits per heavy atom. The number of hydrogen-bond donors (Lipinski definition) is 3. The van der Waals surface area contributed by atoms with Crippen LogP contribution in [0.1, 0.15) is 49.7 Å². The van der Waals surface area contributed by atoms with Gasteiger partial charge in [-0.2, -0.15) is 0 Å². The molecule has 2 aromatic carbocycles. The van der Waals surface area contributed by atoms with Crippen molar-refractivity contribution in [2.45, 2.75) is 44.6 Å². The van der Waals surface area contributed by atoms with E-state index in [-0.39, 0.29) is 36.7 Å². The average molecular weight is 451 g/mol. The first-order chi connectivity index (χ1) is 15.9. The van der Waals surface area contributed by atoms with E-state index in [1.165, 1.54) is 11.1 Å². The molecule has 7 heteroatoms. The standard InChI is InChI=1S/C26H30N2O5/c1-16(14-23(29)28-24(25(30)31)17-10-11-17)12-13-27-26(32)33-15-22-20-8-4-2-6-18(20)19-7-3-5-9-21(19)22/h2-9,16-17,22,24H,10-15H2,1H3,(H,27,32)(H,28,29)(H,30,31). The number of aliphatic carboxylic acids is 1. The van der Waals surface area contributed by atoms with Crippen LogP contribution in [-0.2, 0) is 14.3 Å². The second-order valence-corrected chi connectivity index (χ2v) is 9.07. The zero-order chi connectivity index (χ0) is 23.4. The molecule has 7 nitrogen and oxygen atoms in total. The SMILES string of the molecule is CC(CCNC(=O)OCC1c2ccccc2-c2ccccc21)CC(=O)NC(C(=O)O)C1CC1. The molecule has 0 aromatic heterocycles. The predicted octanol–water partition coefficient (Wildman–Crippen LogP) is 3.92. The van der Waals surface area contributed by atoms with Crippen molar-refractivity contribution in [3.8, 4) is 11.1 Å². The normalized spacial score (nSPS) is 16.3. The van der Waals surface area contributed by atoms with E-state index in [2.05, 4.69) is 34.9 Å². The van der Waals surface area contributed by atoms with Crippen molar-refractivity contribution < 1.29 is 24.2 Å². The van der Waals surface area contributed by atoms with Crippen molar-refractivity contribution in [2.24, 2.45) is 11.8 Å². The molecule has 2 unspecified atom stereocenters. The first-order valence-corrected chi connectivity index (χ1v) is 11.5. The highest BCUT2D eigenvalue weighted by atomic mass is 16.5. The van der Waals surface area contributed by atoms with Crippen LogP contribution in [0.25, 0.3) is 11.1 Å². The van der Waals surface area contributed by atoms with Crippen LogP contribution in [0, 0.1) is 11.8 Å².